The first-order valence-electron chi connectivity index (χ1n) is 10.2. The van der Waals surface area contributed by atoms with Crippen LogP contribution < -0.4 is 9.47 Å². The summed E-state index contributed by atoms with van der Waals surface area (Å²) in [5, 5.41) is 14.8. The van der Waals surface area contributed by atoms with Gasteiger partial charge in [0.2, 0.25) is 5.88 Å². The molecule has 0 aliphatic heterocycles. The topological polar surface area (TPSA) is 59.8 Å². The normalized spacial score (nSPS) is 12.4. The molecule has 0 unspecified atom stereocenters. The maximum atomic E-state index is 10.00. The van der Waals surface area contributed by atoms with Gasteiger partial charge in [0.1, 0.15) is 17.2 Å². The van der Waals surface area contributed by atoms with Gasteiger partial charge >= 0.3 is 0 Å². The van der Waals surface area contributed by atoms with Gasteiger partial charge < -0.3 is 14.6 Å². The van der Waals surface area contributed by atoms with E-state index in [-0.39, 0.29) is 6.04 Å². The van der Waals surface area contributed by atoms with Crippen molar-refractivity contribution >= 4 is 0 Å². The molecule has 0 bridgehead atoms. The molecular formula is C24H31N3O3. The van der Waals surface area contributed by atoms with Crippen LogP contribution in [-0.4, -0.2) is 45.6 Å². The van der Waals surface area contributed by atoms with Gasteiger partial charge in [-0.1, -0.05) is 36.4 Å². The van der Waals surface area contributed by atoms with Crippen LogP contribution in [0.3, 0.4) is 0 Å². The van der Waals surface area contributed by atoms with Crippen LogP contribution in [0.5, 0.6) is 17.4 Å². The molecule has 1 heterocycles. The summed E-state index contributed by atoms with van der Waals surface area (Å²) in [6.45, 7) is 7.25. The summed E-state index contributed by atoms with van der Waals surface area (Å²) >= 11 is 0. The quantitative estimate of drug-likeness (QED) is 0.565. The average Bonchev–Trinajstić information content (AvgIpc) is 3.03. The fourth-order valence-corrected chi connectivity index (χ4v) is 3.43. The van der Waals surface area contributed by atoms with Gasteiger partial charge in [-0.25, -0.2) is 4.68 Å². The monoisotopic (exact) mass is 409 g/mol. The highest BCUT2D eigenvalue weighted by Gasteiger charge is 2.24. The van der Waals surface area contributed by atoms with E-state index in [4.69, 9.17) is 14.6 Å². The lowest BCUT2D eigenvalue weighted by Gasteiger charge is -2.28. The average molecular weight is 410 g/mol. The van der Waals surface area contributed by atoms with Gasteiger partial charge in [-0.05, 0) is 32.9 Å². The predicted molar refractivity (Wildman–Crippen MR) is 119 cm³/mol. The summed E-state index contributed by atoms with van der Waals surface area (Å²) in [4.78, 5) is 2.23. The molecule has 0 saturated carbocycles. The Morgan fingerprint density at radius 2 is 1.73 bits per heavy atom. The van der Waals surface area contributed by atoms with Gasteiger partial charge in [0.25, 0.3) is 0 Å². The van der Waals surface area contributed by atoms with E-state index < -0.39 is 6.10 Å². The third-order valence-electron chi connectivity index (χ3n) is 4.98. The van der Waals surface area contributed by atoms with Crippen molar-refractivity contribution in [1.29, 1.82) is 0 Å². The van der Waals surface area contributed by atoms with Crippen molar-refractivity contribution in [2.45, 2.75) is 39.5 Å². The minimum Gasteiger partial charge on any atom is -0.497 e. The Morgan fingerprint density at radius 3 is 2.37 bits per heavy atom. The number of benzene rings is 2. The van der Waals surface area contributed by atoms with Crippen molar-refractivity contribution in [3.63, 3.8) is 0 Å². The molecule has 0 aliphatic rings. The molecule has 1 N–H and O–H groups in total. The molecule has 160 valence electrons. The zero-order valence-corrected chi connectivity index (χ0v) is 18.4. The van der Waals surface area contributed by atoms with Gasteiger partial charge in [-0.15, -0.1) is 0 Å². The predicted octanol–water partition coefficient (Wildman–Crippen LogP) is 4.48. The molecule has 6 heteroatoms. The Labute approximate surface area is 178 Å². The highest BCUT2D eigenvalue weighted by Crippen LogP contribution is 2.35. The Hall–Kier alpha value is -2.83. The lowest BCUT2D eigenvalue weighted by Crippen LogP contribution is -2.36. The lowest BCUT2D eigenvalue weighted by atomic mass is 10.1. The number of hydrogen-bond donors (Lipinski definition) is 1. The van der Waals surface area contributed by atoms with E-state index in [1.165, 1.54) is 0 Å². The van der Waals surface area contributed by atoms with Gasteiger partial charge in [0, 0.05) is 37.8 Å². The van der Waals surface area contributed by atoms with E-state index in [2.05, 4.69) is 30.9 Å². The second-order valence-corrected chi connectivity index (χ2v) is 7.78. The first-order valence-corrected chi connectivity index (χ1v) is 10.2. The molecule has 2 aromatic carbocycles. The summed E-state index contributed by atoms with van der Waals surface area (Å²) in [5.41, 5.74) is 2.90. The van der Waals surface area contributed by atoms with Crippen molar-refractivity contribution in [3.8, 4) is 28.6 Å². The summed E-state index contributed by atoms with van der Waals surface area (Å²) < 4.78 is 13.4. The van der Waals surface area contributed by atoms with Crippen molar-refractivity contribution in [3.05, 3.63) is 60.2 Å². The van der Waals surface area contributed by atoms with E-state index in [0.717, 1.165) is 22.6 Å². The maximum absolute atomic E-state index is 10.00. The number of aromatic nitrogens is 2. The van der Waals surface area contributed by atoms with Crippen LogP contribution in [-0.2, 0) is 13.6 Å². The van der Waals surface area contributed by atoms with E-state index in [9.17, 15) is 5.11 Å². The highest BCUT2D eigenvalue weighted by atomic mass is 16.5. The molecule has 1 atom stereocenters. The molecule has 0 fully saturated rings. The number of methoxy groups -OCH3 is 1. The highest BCUT2D eigenvalue weighted by molar-refractivity contribution is 5.65. The van der Waals surface area contributed by atoms with Gasteiger partial charge in [-0.3, -0.25) is 4.90 Å². The number of hydrogen-bond acceptors (Lipinski definition) is 5. The molecule has 3 aromatic rings. The Morgan fingerprint density at radius 1 is 1.03 bits per heavy atom. The van der Waals surface area contributed by atoms with Crippen molar-refractivity contribution in [2.24, 2.45) is 7.05 Å². The van der Waals surface area contributed by atoms with Crippen LogP contribution in [0.15, 0.2) is 54.6 Å². The van der Waals surface area contributed by atoms with Crippen LogP contribution in [0.4, 0.5) is 0 Å². The zero-order valence-electron chi connectivity index (χ0n) is 18.4. The molecule has 0 radical (unpaired) electrons. The molecule has 0 spiro atoms. The third kappa shape index (κ3) is 5.20. The largest absolute Gasteiger partial charge is 0.497 e. The van der Waals surface area contributed by atoms with Crippen LogP contribution in [0, 0.1) is 0 Å². The molecule has 0 amide bonds. The Balaban J connectivity index is 2.05. The Bertz CT molecular complexity index is 952. The van der Waals surface area contributed by atoms with E-state index in [1.807, 2.05) is 56.4 Å². The fourth-order valence-electron chi connectivity index (χ4n) is 3.43. The van der Waals surface area contributed by atoms with Gasteiger partial charge in [0.15, 0.2) is 0 Å². The van der Waals surface area contributed by atoms with Crippen molar-refractivity contribution in [1.82, 2.24) is 14.7 Å². The lowest BCUT2D eigenvalue weighted by molar-refractivity contribution is 0.102. The van der Waals surface area contributed by atoms with Gasteiger partial charge in [-0.2, -0.15) is 5.10 Å². The van der Waals surface area contributed by atoms with Crippen LogP contribution in [0.2, 0.25) is 0 Å². The number of nitrogens with zero attached hydrogens (tertiary/aromatic N) is 3. The Kier molecular flexibility index (Phi) is 7.13. The number of aliphatic hydroxyl groups excluding tert-OH is 1. The van der Waals surface area contributed by atoms with Crippen LogP contribution >= 0.6 is 0 Å². The van der Waals surface area contributed by atoms with E-state index in [1.54, 1.807) is 11.8 Å². The number of ether oxygens (including phenoxy) is 2. The molecular weight excluding hydrogens is 378 g/mol. The molecule has 30 heavy (non-hydrogen) atoms. The SMILES string of the molecule is COc1cccc(Oc2c(CN(C[C@@H](C)O)C(C)C)c(-c3ccccc3)nn2C)c1. The van der Waals surface area contributed by atoms with Gasteiger partial charge in [0.05, 0.1) is 18.8 Å². The first-order chi connectivity index (χ1) is 14.4. The fraction of sp³-hybridized carbons (Fsp3) is 0.375. The van der Waals surface area contributed by atoms with Crippen LogP contribution in [0.1, 0.15) is 26.3 Å². The van der Waals surface area contributed by atoms with Crippen molar-refractivity contribution < 1.29 is 14.6 Å². The zero-order chi connectivity index (χ0) is 21.7. The molecule has 1 aromatic heterocycles. The summed E-state index contributed by atoms with van der Waals surface area (Å²) in [6.07, 6.45) is -0.424. The summed E-state index contributed by atoms with van der Waals surface area (Å²) in [7, 11) is 3.53. The number of aliphatic hydroxyl groups is 1. The molecule has 0 aliphatic carbocycles. The smallest absolute Gasteiger partial charge is 0.222 e. The number of rotatable bonds is 9. The summed E-state index contributed by atoms with van der Waals surface area (Å²) in [5.74, 6) is 2.10. The number of aryl methyl sites for hydroxylation is 1. The first kappa shape index (κ1) is 21.9. The van der Waals surface area contributed by atoms with Crippen molar-refractivity contribution in [2.75, 3.05) is 13.7 Å². The molecule has 3 rings (SSSR count). The molecule has 0 saturated heterocycles. The maximum Gasteiger partial charge on any atom is 0.222 e. The van der Waals surface area contributed by atoms with Crippen LogP contribution in [0.25, 0.3) is 11.3 Å². The minimum atomic E-state index is -0.424. The third-order valence-corrected chi connectivity index (χ3v) is 4.98. The minimum absolute atomic E-state index is 0.257. The second-order valence-electron chi connectivity index (χ2n) is 7.78. The standard InChI is InChI=1S/C24H31N3O3/c1-17(2)27(15-18(3)28)16-22-23(19-10-7-6-8-11-19)25-26(4)24(22)30-21-13-9-12-20(14-21)29-5/h6-14,17-18,28H,15-16H2,1-5H3/t18-/m1/s1. The van der Waals surface area contributed by atoms with E-state index >= 15 is 0 Å². The molecule has 6 nitrogen and oxygen atoms in total. The van der Waals surface area contributed by atoms with E-state index in [0.29, 0.717) is 24.7 Å². The second kappa shape index (κ2) is 9.78. The summed E-state index contributed by atoms with van der Waals surface area (Å²) in [6, 6.07) is 17.9.